The van der Waals surface area contributed by atoms with E-state index in [1.54, 1.807) is 36.4 Å². The number of carbonyl (C=O) groups is 1. The largest absolute Gasteiger partial charge is 0.497 e. The Balaban J connectivity index is 2.23. The lowest BCUT2D eigenvalue weighted by molar-refractivity contribution is 0.0950. The van der Waals surface area contributed by atoms with Crippen LogP contribution in [0.2, 0.25) is 0 Å². The van der Waals surface area contributed by atoms with Crippen LogP contribution in [0.15, 0.2) is 47.3 Å². The van der Waals surface area contributed by atoms with Gasteiger partial charge in [-0.1, -0.05) is 12.1 Å². The second-order valence-corrected chi connectivity index (χ2v) is 5.37. The number of carbonyl (C=O) groups excluding carboxylic acids is 1. The average Bonchev–Trinajstić information content (AvgIpc) is 2.61. The molecule has 0 spiro atoms. The molecule has 3 aromatic rings. The number of aromatic nitrogens is 2. The summed E-state index contributed by atoms with van der Waals surface area (Å²) in [6.45, 7) is 0. The summed E-state index contributed by atoms with van der Waals surface area (Å²) >= 11 is 5.19. The van der Waals surface area contributed by atoms with E-state index in [0.29, 0.717) is 22.4 Å². The van der Waals surface area contributed by atoms with Crippen LogP contribution in [0.4, 0.5) is 0 Å². The molecule has 1 aromatic heterocycles. The van der Waals surface area contributed by atoms with Crippen LogP contribution >= 0.6 is 12.2 Å². The number of rotatable bonds is 3. The van der Waals surface area contributed by atoms with Crippen molar-refractivity contribution >= 4 is 29.0 Å². The molecule has 0 bridgehead atoms. The molecule has 0 saturated carbocycles. The van der Waals surface area contributed by atoms with E-state index in [2.05, 4.69) is 4.98 Å². The Morgan fingerprint density at radius 1 is 1.12 bits per heavy atom. The predicted molar refractivity (Wildman–Crippen MR) is 92.7 cm³/mol. The van der Waals surface area contributed by atoms with Crippen LogP contribution in [0.3, 0.4) is 0 Å². The van der Waals surface area contributed by atoms with Gasteiger partial charge in [-0.3, -0.25) is 9.59 Å². The minimum Gasteiger partial charge on any atom is -0.497 e. The van der Waals surface area contributed by atoms with Crippen molar-refractivity contribution in [2.75, 3.05) is 14.2 Å². The Kier molecular flexibility index (Phi) is 4.18. The molecule has 0 amide bonds. The molecule has 3 rings (SSSR count). The van der Waals surface area contributed by atoms with Gasteiger partial charge in [0, 0.05) is 6.07 Å². The molecule has 122 valence electrons. The molecule has 0 aliphatic heterocycles. The lowest BCUT2D eigenvalue weighted by Crippen LogP contribution is -2.29. The van der Waals surface area contributed by atoms with E-state index in [0.717, 1.165) is 4.57 Å². The molecule has 0 unspecified atom stereocenters. The van der Waals surface area contributed by atoms with Crippen molar-refractivity contribution in [2.24, 2.45) is 0 Å². The summed E-state index contributed by atoms with van der Waals surface area (Å²) in [6, 6.07) is 11.6. The Morgan fingerprint density at radius 3 is 2.58 bits per heavy atom. The number of para-hydroxylation sites is 1. The Hall–Kier alpha value is -2.93. The molecule has 0 aliphatic rings. The highest BCUT2D eigenvalue weighted by atomic mass is 32.1. The van der Waals surface area contributed by atoms with Crippen molar-refractivity contribution in [1.29, 1.82) is 0 Å². The number of fused-ring (bicyclic) bond motifs is 1. The number of aromatic amines is 1. The molecule has 7 heteroatoms. The molecule has 2 aromatic carbocycles. The zero-order valence-electron chi connectivity index (χ0n) is 13.0. The maximum Gasteiger partial charge on any atom is 0.270 e. The number of ether oxygens (including phenoxy) is 2. The monoisotopic (exact) mass is 342 g/mol. The van der Waals surface area contributed by atoms with Gasteiger partial charge in [0.15, 0.2) is 4.77 Å². The minimum absolute atomic E-state index is 0.0292. The highest BCUT2D eigenvalue weighted by Gasteiger charge is 2.19. The second-order valence-electron chi connectivity index (χ2n) is 4.99. The van der Waals surface area contributed by atoms with Crippen LogP contribution in [0, 0.1) is 4.77 Å². The summed E-state index contributed by atoms with van der Waals surface area (Å²) in [7, 11) is 2.95. The smallest absolute Gasteiger partial charge is 0.270 e. The molecule has 0 aliphatic carbocycles. The van der Waals surface area contributed by atoms with Crippen LogP contribution in [-0.4, -0.2) is 29.7 Å². The van der Waals surface area contributed by atoms with Crippen molar-refractivity contribution in [3.63, 3.8) is 0 Å². The number of benzene rings is 2. The summed E-state index contributed by atoms with van der Waals surface area (Å²) in [5.74, 6) is 0.278. The first-order valence-electron chi connectivity index (χ1n) is 7.07. The van der Waals surface area contributed by atoms with E-state index in [9.17, 15) is 9.59 Å². The van der Waals surface area contributed by atoms with Crippen LogP contribution < -0.4 is 15.0 Å². The van der Waals surface area contributed by atoms with Crippen molar-refractivity contribution in [1.82, 2.24) is 9.55 Å². The van der Waals surface area contributed by atoms with Crippen LogP contribution in [0.1, 0.15) is 10.4 Å². The van der Waals surface area contributed by atoms with Gasteiger partial charge in [0.25, 0.3) is 11.5 Å². The molecule has 0 fully saturated rings. The highest BCUT2D eigenvalue weighted by Crippen LogP contribution is 2.25. The van der Waals surface area contributed by atoms with Gasteiger partial charge in [0.2, 0.25) is 0 Å². The number of nitrogens with zero attached hydrogens (tertiary/aromatic N) is 1. The Morgan fingerprint density at radius 2 is 1.88 bits per heavy atom. The van der Waals surface area contributed by atoms with Gasteiger partial charge in [-0.25, -0.2) is 4.57 Å². The Bertz CT molecular complexity index is 1050. The van der Waals surface area contributed by atoms with Crippen molar-refractivity contribution in [3.8, 4) is 11.5 Å². The van der Waals surface area contributed by atoms with Gasteiger partial charge in [-0.15, -0.1) is 0 Å². The lowest BCUT2D eigenvalue weighted by Gasteiger charge is -2.11. The number of H-pyrrole nitrogens is 1. The van der Waals surface area contributed by atoms with E-state index < -0.39 is 11.5 Å². The molecular weight excluding hydrogens is 328 g/mol. The average molecular weight is 342 g/mol. The molecule has 0 radical (unpaired) electrons. The first-order chi connectivity index (χ1) is 11.6. The predicted octanol–water partition coefficient (Wildman–Crippen LogP) is 2.76. The first-order valence-corrected chi connectivity index (χ1v) is 7.48. The van der Waals surface area contributed by atoms with Crippen LogP contribution in [-0.2, 0) is 0 Å². The molecule has 6 nitrogen and oxygen atoms in total. The normalized spacial score (nSPS) is 10.6. The quantitative estimate of drug-likeness (QED) is 0.741. The minimum atomic E-state index is -0.563. The maximum atomic E-state index is 12.9. The van der Waals surface area contributed by atoms with E-state index in [1.165, 1.54) is 20.3 Å². The summed E-state index contributed by atoms with van der Waals surface area (Å²) in [4.78, 5) is 28.4. The highest BCUT2D eigenvalue weighted by molar-refractivity contribution is 7.71. The van der Waals surface area contributed by atoms with Gasteiger partial charge in [-0.2, -0.15) is 0 Å². The molecule has 1 heterocycles. The van der Waals surface area contributed by atoms with Gasteiger partial charge in [0.05, 0.1) is 30.7 Å². The summed E-state index contributed by atoms with van der Waals surface area (Å²) in [5, 5.41) is 0.381. The van der Waals surface area contributed by atoms with E-state index in [1.807, 2.05) is 0 Å². The van der Waals surface area contributed by atoms with E-state index >= 15 is 0 Å². The summed E-state index contributed by atoms with van der Waals surface area (Å²) < 4.78 is 11.3. The molecular formula is C17H14N2O4S. The second kappa shape index (κ2) is 6.29. The molecule has 24 heavy (non-hydrogen) atoms. The number of hydrogen-bond donors (Lipinski definition) is 1. The van der Waals surface area contributed by atoms with E-state index in [4.69, 9.17) is 21.7 Å². The van der Waals surface area contributed by atoms with Gasteiger partial charge < -0.3 is 14.5 Å². The number of nitrogens with one attached hydrogen (secondary N) is 1. The SMILES string of the molecule is COc1ccc(C(=O)n2c(=S)[nH]c3ccccc3c2=O)c(OC)c1. The van der Waals surface area contributed by atoms with Gasteiger partial charge in [0.1, 0.15) is 11.5 Å². The lowest BCUT2D eigenvalue weighted by atomic mass is 10.1. The maximum absolute atomic E-state index is 12.9. The fourth-order valence-electron chi connectivity index (χ4n) is 2.44. The number of hydrogen-bond acceptors (Lipinski definition) is 5. The topological polar surface area (TPSA) is 73.3 Å². The zero-order valence-corrected chi connectivity index (χ0v) is 13.8. The Labute approximate surface area is 142 Å². The van der Waals surface area contributed by atoms with Gasteiger partial charge >= 0.3 is 0 Å². The van der Waals surface area contributed by atoms with Crippen molar-refractivity contribution in [3.05, 3.63) is 63.2 Å². The third-order valence-electron chi connectivity index (χ3n) is 3.65. The third kappa shape index (κ3) is 2.59. The van der Waals surface area contributed by atoms with Crippen LogP contribution in [0.5, 0.6) is 11.5 Å². The van der Waals surface area contributed by atoms with Crippen molar-refractivity contribution in [2.45, 2.75) is 0 Å². The zero-order chi connectivity index (χ0) is 17.3. The van der Waals surface area contributed by atoms with Gasteiger partial charge in [-0.05, 0) is 36.5 Å². The third-order valence-corrected chi connectivity index (χ3v) is 3.93. The molecule has 0 saturated heterocycles. The van der Waals surface area contributed by atoms with Crippen LogP contribution in [0.25, 0.3) is 10.9 Å². The summed E-state index contributed by atoms with van der Waals surface area (Å²) in [5.41, 5.74) is 0.325. The molecule has 0 atom stereocenters. The van der Waals surface area contributed by atoms with E-state index in [-0.39, 0.29) is 10.3 Å². The number of methoxy groups -OCH3 is 2. The fraction of sp³-hybridized carbons (Fsp3) is 0.118. The molecule has 1 N–H and O–H groups in total. The summed E-state index contributed by atoms with van der Waals surface area (Å²) in [6.07, 6.45) is 0. The fourth-order valence-corrected chi connectivity index (χ4v) is 2.72. The van der Waals surface area contributed by atoms with Crippen molar-refractivity contribution < 1.29 is 14.3 Å². The first kappa shape index (κ1) is 15.9. The standard InChI is InChI=1S/C17H14N2O4S/c1-22-10-7-8-12(14(9-10)23-2)16(21)19-15(20)11-5-3-4-6-13(11)18-17(19)24/h3-9H,1-2H3,(H,18,24).